The fraction of sp³-hybridized carbons (Fsp3) is 0.263. The summed E-state index contributed by atoms with van der Waals surface area (Å²) in [4.78, 5) is 14.0. The first-order valence-corrected chi connectivity index (χ1v) is 7.89. The van der Waals surface area contributed by atoms with Gasteiger partial charge in [0.25, 0.3) is 0 Å². The van der Waals surface area contributed by atoms with Crippen LogP contribution in [0.3, 0.4) is 0 Å². The molecule has 0 aliphatic carbocycles. The van der Waals surface area contributed by atoms with E-state index < -0.39 is 0 Å². The van der Waals surface area contributed by atoms with Crippen LogP contribution in [0.25, 0.3) is 0 Å². The monoisotopic (exact) mass is 323 g/mol. The molecule has 5 heteroatoms. The highest BCUT2D eigenvalue weighted by Gasteiger charge is 2.12. The number of carbonyl (C=O) groups excluding carboxylic acids is 1. The van der Waals surface area contributed by atoms with E-state index in [9.17, 15) is 9.90 Å². The summed E-state index contributed by atoms with van der Waals surface area (Å²) in [6.45, 7) is 0.983. The topological polar surface area (TPSA) is 76.4 Å². The lowest BCUT2D eigenvalue weighted by Crippen LogP contribution is -2.38. The van der Waals surface area contributed by atoms with Gasteiger partial charge in [0, 0.05) is 18.8 Å². The molecule has 0 aromatic heterocycles. The van der Waals surface area contributed by atoms with Crippen LogP contribution in [0.2, 0.25) is 0 Å². The van der Waals surface area contributed by atoms with Gasteiger partial charge in [0.1, 0.15) is 0 Å². The lowest BCUT2D eigenvalue weighted by Gasteiger charge is -2.22. The fourth-order valence-electron chi connectivity index (χ4n) is 2.34. The summed E-state index contributed by atoms with van der Waals surface area (Å²) in [6, 6.07) is 19.0. The number of hydrogen-bond donors (Lipinski definition) is 2. The molecule has 5 nitrogen and oxygen atoms in total. The smallest absolute Gasteiger partial charge is 0.241 e. The Hall–Kier alpha value is -2.84. The summed E-state index contributed by atoms with van der Waals surface area (Å²) in [6.07, 6.45) is 0.753. The Balaban J connectivity index is 1.87. The average molecular weight is 323 g/mol. The van der Waals surface area contributed by atoms with Gasteiger partial charge >= 0.3 is 0 Å². The highest BCUT2D eigenvalue weighted by Crippen LogP contribution is 2.09. The Labute approximate surface area is 142 Å². The number of aliphatic hydroxyl groups is 1. The van der Waals surface area contributed by atoms with Crippen molar-refractivity contribution < 1.29 is 9.90 Å². The molecule has 2 N–H and O–H groups in total. The lowest BCUT2D eigenvalue weighted by atomic mass is 10.1. The minimum absolute atomic E-state index is 0.0581. The van der Waals surface area contributed by atoms with Crippen LogP contribution >= 0.6 is 0 Å². The van der Waals surface area contributed by atoms with Gasteiger partial charge < -0.3 is 15.3 Å². The normalized spacial score (nSPS) is 10.0. The Kier molecular flexibility index (Phi) is 6.81. The van der Waals surface area contributed by atoms with Crippen LogP contribution in [-0.2, 0) is 11.2 Å². The van der Waals surface area contributed by atoms with Gasteiger partial charge in [-0.05, 0) is 36.2 Å². The van der Waals surface area contributed by atoms with Crippen molar-refractivity contribution in [2.45, 2.75) is 6.42 Å². The molecule has 0 bridgehead atoms. The summed E-state index contributed by atoms with van der Waals surface area (Å²) in [7, 11) is 0. The summed E-state index contributed by atoms with van der Waals surface area (Å²) in [5.74, 6) is -0.0654. The number of nitriles is 1. The Bertz CT molecular complexity index is 678. The molecule has 0 fully saturated rings. The van der Waals surface area contributed by atoms with Gasteiger partial charge in [-0.3, -0.25) is 4.79 Å². The van der Waals surface area contributed by atoms with Crippen molar-refractivity contribution in [2.24, 2.45) is 0 Å². The highest BCUT2D eigenvalue weighted by atomic mass is 16.3. The molecule has 0 heterocycles. The minimum atomic E-state index is -0.0654. The molecule has 0 saturated carbocycles. The molecule has 0 unspecified atom stereocenters. The third-order valence-corrected chi connectivity index (χ3v) is 3.69. The SMILES string of the molecule is N#Cc1ccc(NCC(=O)N(CCO)CCc2ccccc2)cc1. The number of amides is 1. The second-order valence-electron chi connectivity index (χ2n) is 5.38. The van der Waals surface area contributed by atoms with E-state index in [2.05, 4.69) is 11.4 Å². The number of anilines is 1. The molecule has 1 amide bonds. The predicted octanol–water partition coefficient (Wildman–Crippen LogP) is 2.03. The van der Waals surface area contributed by atoms with Crippen LogP contribution in [0.5, 0.6) is 0 Å². The van der Waals surface area contributed by atoms with Crippen LogP contribution in [-0.4, -0.2) is 42.2 Å². The number of rotatable bonds is 8. The van der Waals surface area contributed by atoms with Crippen molar-refractivity contribution in [1.82, 2.24) is 4.90 Å². The number of hydrogen-bond acceptors (Lipinski definition) is 4. The Morgan fingerprint density at radius 2 is 1.79 bits per heavy atom. The molecule has 24 heavy (non-hydrogen) atoms. The predicted molar refractivity (Wildman–Crippen MR) is 93.5 cm³/mol. The van der Waals surface area contributed by atoms with E-state index in [0.717, 1.165) is 17.7 Å². The van der Waals surface area contributed by atoms with Crippen molar-refractivity contribution in [1.29, 1.82) is 5.26 Å². The van der Waals surface area contributed by atoms with Gasteiger partial charge in [-0.2, -0.15) is 5.26 Å². The number of benzene rings is 2. The molecule has 0 aliphatic rings. The van der Waals surface area contributed by atoms with Crippen molar-refractivity contribution in [2.75, 3.05) is 31.6 Å². The molecule has 0 spiro atoms. The summed E-state index contributed by atoms with van der Waals surface area (Å²) < 4.78 is 0. The highest BCUT2D eigenvalue weighted by molar-refractivity contribution is 5.80. The maximum Gasteiger partial charge on any atom is 0.241 e. The van der Waals surface area contributed by atoms with Crippen LogP contribution in [0.15, 0.2) is 54.6 Å². The molecule has 0 aliphatic heterocycles. The third kappa shape index (κ3) is 5.41. The van der Waals surface area contributed by atoms with Crippen molar-refractivity contribution in [3.63, 3.8) is 0 Å². The number of nitrogens with zero attached hydrogens (tertiary/aromatic N) is 2. The van der Waals surface area contributed by atoms with Crippen LogP contribution in [0.1, 0.15) is 11.1 Å². The number of nitrogens with one attached hydrogen (secondary N) is 1. The van der Waals surface area contributed by atoms with Gasteiger partial charge in [0.05, 0.1) is 24.8 Å². The van der Waals surface area contributed by atoms with Crippen LogP contribution in [0, 0.1) is 11.3 Å². The maximum atomic E-state index is 12.4. The van der Waals surface area contributed by atoms with Gasteiger partial charge in [-0.25, -0.2) is 0 Å². The molecule has 2 aromatic carbocycles. The second kappa shape index (κ2) is 9.33. The Morgan fingerprint density at radius 1 is 1.08 bits per heavy atom. The van der Waals surface area contributed by atoms with E-state index in [1.165, 1.54) is 0 Å². The van der Waals surface area contributed by atoms with E-state index in [4.69, 9.17) is 5.26 Å². The quantitative estimate of drug-likeness (QED) is 0.779. The van der Waals surface area contributed by atoms with Gasteiger partial charge in [0.2, 0.25) is 5.91 Å². The standard InChI is InChI=1S/C19H21N3O2/c20-14-17-6-8-18(9-7-17)21-15-19(24)22(12-13-23)11-10-16-4-2-1-3-5-16/h1-9,21,23H,10-13,15H2. The number of aliphatic hydroxyl groups excluding tert-OH is 1. The van der Waals surface area contributed by atoms with Gasteiger partial charge in [-0.15, -0.1) is 0 Å². The summed E-state index contributed by atoms with van der Waals surface area (Å²) >= 11 is 0. The van der Waals surface area contributed by atoms with Crippen molar-refractivity contribution in [3.8, 4) is 6.07 Å². The largest absolute Gasteiger partial charge is 0.395 e. The molecule has 0 atom stereocenters. The first-order valence-electron chi connectivity index (χ1n) is 7.89. The Morgan fingerprint density at radius 3 is 2.42 bits per heavy atom. The van der Waals surface area contributed by atoms with Crippen LogP contribution < -0.4 is 5.32 Å². The van der Waals surface area contributed by atoms with E-state index in [1.54, 1.807) is 29.2 Å². The van der Waals surface area contributed by atoms with E-state index in [1.807, 2.05) is 30.3 Å². The van der Waals surface area contributed by atoms with E-state index in [0.29, 0.717) is 18.7 Å². The number of carbonyl (C=O) groups is 1. The molecule has 0 radical (unpaired) electrons. The van der Waals surface area contributed by atoms with Gasteiger partial charge in [0.15, 0.2) is 0 Å². The van der Waals surface area contributed by atoms with Crippen LogP contribution in [0.4, 0.5) is 5.69 Å². The molecule has 124 valence electrons. The molecule has 0 saturated heterocycles. The first kappa shape index (κ1) is 17.5. The minimum Gasteiger partial charge on any atom is -0.395 e. The maximum absolute atomic E-state index is 12.4. The zero-order valence-electron chi connectivity index (χ0n) is 13.5. The van der Waals surface area contributed by atoms with E-state index >= 15 is 0 Å². The summed E-state index contributed by atoms with van der Waals surface area (Å²) in [5, 5.41) is 21.0. The second-order valence-corrected chi connectivity index (χ2v) is 5.38. The molecular weight excluding hydrogens is 302 g/mol. The average Bonchev–Trinajstić information content (AvgIpc) is 2.64. The zero-order chi connectivity index (χ0) is 17.2. The fourth-order valence-corrected chi connectivity index (χ4v) is 2.34. The van der Waals surface area contributed by atoms with Gasteiger partial charge in [-0.1, -0.05) is 30.3 Å². The molecule has 2 aromatic rings. The lowest BCUT2D eigenvalue weighted by molar-refractivity contribution is -0.129. The van der Waals surface area contributed by atoms with Crippen molar-refractivity contribution >= 4 is 11.6 Å². The zero-order valence-corrected chi connectivity index (χ0v) is 13.5. The first-order chi connectivity index (χ1) is 11.7. The van der Waals surface area contributed by atoms with Crippen molar-refractivity contribution in [3.05, 3.63) is 65.7 Å². The molecular formula is C19H21N3O2. The third-order valence-electron chi connectivity index (χ3n) is 3.69. The summed E-state index contributed by atoms with van der Waals surface area (Å²) in [5.41, 5.74) is 2.53. The van der Waals surface area contributed by atoms with E-state index in [-0.39, 0.29) is 19.1 Å². The molecule has 2 rings (SSSR count).